The van der Waals surface area contributed by atoms with Crippen molar-refractivity contribution in [1.82, 2.24) is 0 Å². The third-order valence-electron chi connectivity index (χ3n) is 2.97. The second-order valence-electron chi connectivity index (χ2n) is 4.66. The van der Waals surface area contributed by atoms with E-state index in [-0.39, 0.29) is 12.9 Å². The van der Waals surface area contributed by atoms with Gasteiger partial charge in [0.2, 0.25) is 0 Å². The van der Waals surface area contributed by atoms with Crippen LogP contribution in [0, 0.1) is 11.8 Å². The summed E-state index contributed by atoms with van der Waals surface area (Å²) in [5, 5.41) is 8.58. The normalized spacial score (nSPS) is 19.3. The highest BCUT2D eigenvalue weighted by molar-refractivity contribution is 4.98. The lowest BCUT2D eigenvalue weighted by molar-refractivity contribution is -0.162. The molecule has 0 amide bonds. The number of hydrogen-bond donors (Lipinski definition) is 1. The van der Waals surface area contributed by atoms with Crippen molar-refractivity contribution in [2.75, 3.05) is 19.8 Å². The summed E-state index contributed by atoms with van der Waals surface area (Å²) in [6.07, 6.45) is 9.49. The van der Waals surface area contributed by atoms with E-state index in [0.29, 0.717) is 0 Å². The molecule has 0 spiro atoms. The topological polar surface area (TPSA) is 38.7 Å². The van der Waals surface area contributed by atoms with E-state index < -0.39 is 0 Å². The highest BCUT2D eigenvalue weighted by atomic mass is 16.7. The number of aliphatic hydroxyl groups excluding tert-OH is 1. The molecule has 0 aromatic heterocycles. The molecule has 1 saturated heterocycles. The Morgan fingerprint density at radius 2 is 1.89 bits per heavy atom. The van der Waals surface area contributed by atoms with Gasteiger partial charge in [-0.1, -0.05) is 6.42 Å². The van der Waals surface area contributed by atoms with Gasteiger partial charge in [0.15, 0.2) is 6.29 Å². The second kappa shape index (κ2) is 11.5. The molecule has 1 rings (SSSR count). The maximum atomic E-state index is 8.58. The van der Waals surface area contributed by atoms with Crippen molar-refractivity contribution in [2.45, 2.75) is 64.1 Å². The molecule has 1 heterocycles. The van der Waals surface area contributed by atoms with Crippen molar-refractivity contribution in [1.29, 1.82) is 0 Å². The van der Waals surface area contributed by atoms with Crippen LogP contribution in [0.2, 0.25) is 0 Å². The molecule has 1 aliphatic heterocycles. The van der Waals surface area contributed by atoms with Crippen LogP contribution in [0.3, 0.4) is 0 Å². The fourth-order valence-electron chi connectivity index (χ4n) is 1.89. The summed E-state index contributed by atoms with van der Waals surface area (Å²) in [5.74, 6) is 6.20. The lowest BCUT2D eigenvalue weighted by Gasteiger charge is -2.22. The van der Waals surface area contributed by atoms with Gasteiger partial charge in [-0.15, -0.1) is 11.8 Å². The van der Waals surface area contributed by atoms with E-state index in [1.807, 2.05) is 0 Å². The molecule has 1 N–H and O–H groups in total. The Hall–Kier alpha value is -0.560. The summed E-state index contributed by atoms with van der Waals surface area (Å²) in [5.41, 5.74) is 0. The van der Waals surface area contributed by atoms with Gasteiger partial charge in [-0.3, -0.25) is 0 Å². The maximum absolute atomic E-state index is 8.58. The number of unbranched alkanes of at least 4 members (excludes halogenated alkanes) is 4. The molecule has 0 aromatic rings. The molecule has 0 saturated carbocycles. The van der Waals surface area contributed by atoms with Crippen LogP contribution >= 0.6 is 0 Å². The minimum absolute atomic E-state index is 0.0528. The van der Waals surface area contributed by atoms with E-state index >= 15 is 0 Å². The SMILES string of the molecule is OCCCC#CCCCCCOC1CCCCO1. The van der Waals surface area contributed by atoms with E-state index in [0.717, 1.165) is 51.7 Å². The Balaban J connectivity index is 1.81. The maximum Gasteiger partial charge on any atom is 0.157 e. The van der Waals surface area contributed by atoms with Crippen molar-refractivity contribution in [3.8, 4) is 11.8 Å². The van der Waals surface area contributed by atoms with Gasteiger partial charge in [0, 0.05) is 32.7 Å². The third-order valence-corrected chi connectivity index (χ3v) is 2.97. The number of rotatable bonds is 8. The monoisotopic (exact) mass is 254 g/mol. The average Bonchev–Trinajstić information content (AvgIpc) is 2.42. The van der Waals surface area contributed by atoms with Crippen LogP contribution in [0.15, 0.2) is 0 Å². The van der Waals surface area contributed by atoms with Gasteiger partial charge in [-0.25, -0.2) is 0 Å². The van der Waals surface area contributed by atoms with Crippen molar-refractivity contribution < 1.29 is 14.6 Å². The van der Waals surface area contributed by atoms with Crippen molar-refractivity contribution in [3.05, 3.63) is 0 Å². The molecule has 1 aliphatic rings. The van der Waals surface area contributed by atoms with E-state index in [4.69, 9.17) is 14.6 Å². The average molecular weight is 254 g/mol. The van der Waals surface area contributed by atoms with Gasteiger partial charge in [-0.2, -0.15) is 0 Å². The Kier molecular flexibility index (Phi) is 9.92. The molecule has 1 unspecified atom stereocenters. The summed E-state index contributed by atoms with van der Waals surface area (Å²) < 4.78 is 11.2. The largest absolute Gasteiger partial charge is 0.396 e. The van der Waals surface area contributed by atoms with Crippen LogP contribution in [-0.4, -0.2) is 31.2 Å². The molecule has 3 heteroatoms. The van der Waals surface area contributed by atoms with Crippen LogP contribution in [0.25, 0.3) is 0 Å². The first-order valence-corrected chi connectivity index (χ1v) is 7.23. The zero-order valence-corrected chi connectivity index (χ0v) is 11.3. The van der Waals surface area contributed by atoms with Crippen LogP contribution in [0.1, 0.15) is 57.8 Å². The van der Waals surface area contributed by atoms with E-state index in [9.17, 15) is 0 Å². The fourth-order valence-corrected chi connectivity index (χ4v) is 1.89. The zero-order valence-electron chi connectivity index (χ0n) is 11.3. The van der Waals surface area contributed by atoms with E-state index in [2.05, 4.69) is 11.8 Å². The molecular formula is C15H26O3. The number of hydrogen-bond acceptors (Lipinski definition) is 3. The Labute approximate surface area is 111 Å². The molecule has 0 bridgehead atoms. The Morgan fingerprint density at radius 1 is 1.06 bits per heavy atom. The zero-order chi connectivity index (χ0) is 12.9. The van der Waals surface area contributed by atoms with Gasteiger partial charge in [0.1, 0.15) is 0 Å². The van der Waals surface area contributed by atoms with Gasteiger partial charge < -0.3 is 14.6 Å². The molecule has 0 aliphatic carbocycles. The smallest absolute Gasteiger partial charge is 0.157 e. The lowest BCUT2D eigenvalue weighted by atomic mass is 10.2. The summed E-state index contributed by atoms with van der Waals surface area (Å²) >= 11 is 0. The van der Waals surface area contributed by atoms with Gasteiger partial charge in [0.05, 0.1) is 0 Å². The first-order valence-electron chi connectivity index (χ1n) is 7.23. The third kappa shape index (κ3) is 8.52. The van der Waals surface area contributed by atoms with Crippen molar-refractivity contribution in [2.24, 2.45) is 0 Å². The molecule has 1 fully saturated rings. The summed E-state index contributed by atoms with van der Waals surface area (Å²) in [6.45, 7) is 1.91. The number of ether oxygens (including phenoxy) is 2. The second-order valence-corrected chi connectivity index (χ2v) is 4.66. The van der Waals surface area contributed by atoms with Crippen LogP contribution in [0.4, 0.5) is 0 Å². The molecule has 104 valence electrons. The number of aliphatic hydroxyl groups is 1. The molecule has 1 atom stereocenters. The Morgan fingerprint density at radius 3 is 2.61 bits per heavy atom. The summed E-state index contributed by atoms with van der Waals surface area (Å²) in [7, 11) is 0. The first kappa shape index (κ1) is 15.5. The van der Waals surface area contributed by atoms with Crippen LogP contribution in [-0.2, 0) is 9.47 Å². The highest BCUT2D eigenvalue weighted by Crippen LogP contribution is 2.14. The van der Waals surface area contributed by atoms with E-state index in [1.54, 1.807) is 0 Å². The fraction of sp³-hybridized carbons (Fsp3) is 0.867. The molecule has 0 aromatic carbocycles. The molecule has 3 nitrogen and oxygen atoms in total. The predicted molar refractivity (Wildman–Crippen MR) is 72.1 cm³/mol. The Bertz CT molecular complexity index is 236. The summed E-state index contributed by atoms with van der Waals surface area (Å²) in [6, 6.07) is 0. The van der Waals surface area contributed by atoms with Crippen LogP contribution in [0.5, 0.6) is 0 Å². The van der Waals surface area contributed by atoms with Crippen molar-refractivity contribution >= 4 is 0 Å². The predicted octanol–water partition coefficient (Wildman–Crippen LogP) is 2.87. The first-order chi connectivity index (χ1) is 8.93. The van der Waals surface area contributed by atoms with Gasteiger partial charge in [0.25, 0.3) is 0 Å². The van der Waals surface area contributed by atoms with Crippen molar-refractivity contribution in [3.63, 3.8) is 0 Å². The minimum atomic E-state index is 0.0528. The van der Waals surface area contributed by atoms with Gasteiger partial charge in [-0.05, 0) is 38.5 Å². The summed E-state index contributed by atoms with van der Waals surface area (Å²) in [4.78, 5) is 0. The van der Waals surface area contributed by atoms with E-state index in [1.165, 1.54) is 19.3 Å². The molecule has 0 radical (unpaired) electrons. The molecular weight excluding hydrogens is 228 g/mol. The lowest BCUT2D eigenvalue weighted by Crippen LogP contribution is -2.22. The standard InChI is InChI=1S/C15H26O3/c16-12-8-5-3-1-2-4-6-9-13-17-15-11-7-10-14-18-15/h15-16H,2,4-14H2. The minimum Gasteiger partial charge on any atom is -0.396 e. The molecule has 18 heavy (non-hydrogen) atoms. The van der Waals surface area contributed by atoms with Gasteiger partial charge >= 0.3 is 0 Å². The highest BCUT2D eigenvalue weighted by Gasteiger charge is 2.12. The quantitative estimate of drug-likeness (QED) is 0.535. The van der Waals surface area contributed by atoms with Crippen LogP contribution < -0.4 is 0 Å².